The summed E-state index contributed by atoms with van der Waals surface area (Å²) in [5.74, 6) is 0.0315. The van der Waals surface area contributed by atoms with E-state index in [1.807, 2.05) is 0 Å². The van der Waals surface area contributed by atoms with Crippen LogP contribution in [0, 0.1) is 11.3 Å². The number of hydrogen-bond acceptors (Lipinski definition) is 4. The van der Waals surface area contributed by atoms with Gasteiger partial charge in [0.05, 0.1) is 24.4 Å². The summed E-state index contributed by atoms with van der Waals surface area (Å²) in [4.78, 5) is 14.0. The molecule has 0 radical (unpaired) electrons. The summed E-state index contributed by atoms with van der Waals surface area (Å²) in [6.07, 6.45) is 0. The van der Waals surface area contributed by atoms with Crippen LogP contribution in [-0.4, -0.2) is 18.1 Å². The summed E-state index contributed by atoms with van der Waals surface area (Å²) in [6.45, 7) is 0. The fraction of sp³-hybridized carbons (Fsp3) is 0.125. The van der Waals surface area contributed by atoms with Crippen LogP contribution in [0.4, 0.5) is 5.69 Å². The normalized spacial score (nSPS) is 16.5. The summed E-state index contributed by atoms with van der Waals surface area (Å²) in [5.41, 5.74) is 1.27. The molecule has 1 heterocycles. The number of benzene rings is 2. The minimum Gasteiger partial charge on any atom is -0.506 e. The third-order valence-corrected chi connectivity index (χ3v) is 3.53. The van der Waals surface area contributed by atoms with Crippen molar-refractivity contribution in [2.45, 2.75) is 6.04 Å². The smallest absolute Gasteiger partial charge is 0.263 e. The van der Waals surface area contributed by atoms with Gasteiger partial charge in [-0.3, -0.25) is 9.69 Å². The third kappa shape index (κ3) is 1.81. The first-order valence-corrected chi connectivity index (χ1v) is 6.37. The summed E-state index contributed by atoms with van der Waals surface area (Å²) >= 11 is 0. The molecule has 0 aromatic heterocycles. The van der Waals surface area contributed by atoms with Crippen LogP contribution in [0.2, 0.25) is 0 Å². The number of nitriles is 1. The number of fused-ring (bicyclic) bond motifs is 1. The molecule has 0 saturated carbocycles. The van der Waals surface area contributed by atoms with Crippen molar-refractivity contribution in [2.75, 3.05) is 12.0 Å². The van der Waals surface area contributed by atoms with E-state index in [4.69, 9.17) is 4.74 Å². The minimum atomic E-state index is -0.782. The minimum absolute atomic E-state index is 0.0436. The number of anilines is 1. The predicted octanol–water partition coefficient (Wildman–Crippen LogP) is 2.63. The topological polar surface area (TPSA) is 73.6 Å². The van der Waals surface area contributed by atoms with Gasteiger partial charge in [-0.25, -0.2) is 0 Å². The highest BCUT2D eigenvalue weighted by molar-refractivity contribution is 6.13. The Morgan fingerprint density at radius 3 is 2.67 bits per heavy atom. The number of aromatic hydroxyl groups is 1. The molecule has 2 aromatic carbocycles. The van der Waals surface area contributed by atoms with Gasteiger partial charge in [-0.1, -0.05) is 24.3 Å². The third-order valence-electron chi connectivity index (χ3n) is 3.53. The molecule has 0 spiro atoms. The van der Waals surface area contributed by atoms with Gasteiger partial charge < -0.3 is 9.84 Å². The van der Waals surface area contributed by atoms with E-state index >= 15 is 0 Å². The van der Waals surface area contributed by atoms with Gasteiger partial charge in [0.15, 0.2) is 6.04 Å². The van der Waals surface area contributed by atoms with Crippen LogP contribution < -0.4 is 9.64 Å². The van der Waals surface area contributed by atoms with E-state index in [0.29, 0.717) is 22.6 Å². The molecule has 0 fully saturated rings. The van der Waals surface area contributed by atoms with E-state index in [-0.39, 0.29) is 11.7 Å². The lowest BCUT2D eigenvalue weighted by Gasteiger charge is -2.20. The van der Waals surface area contributed by atoms with Crippen LogP contribution in [0.1, 0.15) is 22.0 Å². The number of methoxy groups -OCH3 is 1. The number of amides is 1. The highest BCUT2D eigenvalue weighted by atomic mass is 16.5. The summed E-state index contributed by atoms with van der Waals surface area (Å²) in [6, 6.07) is 12.9. The average molecular weight is 280 g/mol. The fourth-order valence-electron chi connectivity index (χ4n) is 2.60. The number of para-hydroxylation sites is 2. The molecule has 1 atom stereocenters. The Hall–Kier alpha value is -3.00. The Kier molecular flexibility index (Phi) is 2.99. The van der Waals surface area contributed by atoms with Crippen LogP contribution in [0.3, 0.4) is 0 Å². The molecule has 0 bridgehead atoms. The molecule has 5 nitrogen and oxygen atoms in total. The zero-order chi connectivity index (χ0) is 15.0. The van der Waals surface area contributed by atoms with Gasteiger partial charge >= 0.3 is 0 Å². The van der Waals surface area contributed by atoms with E-state index in [1.165, 1.54) is 18.1 Å². The molecule has 1 unspecified atom stereocenters. The number of phenols is 1. The monoisotopic (exact) mass is 280 g/mol. The maximum absolute atomic E-state index is 12.7. The van der Waals surface area contributed by atoms with E-state index in [9.17, 15) is 15.2 Å². The predicted molar refractivity (Wildman–Crippen MR) is 76.3 cm³/mol. The first-order valence-electron chi connectivity index (χ1n) is 6.37. The lowest BCUT2D eigenvalue weighted by Crippen LogP contribution is -2.27. The molecule has 1 N–H and O–H groups in total. The van der Waals surface area contributed by atoms with Crippen LogP contribution in [0.5, 0.6) is 11.5 Å². The number of phenolic OH excluding ortho intramolecular Hbond substituents is 1. The maximum Gasteiger partial charge on any atom is 0.263 e. The van der Waals surface area contributed by atoms with Crippen LogP contribution in [-0.2, 0) is 0 Å². The largest absolute Gasteiger partial charge is 0.506 e. The molecular formula is C16H12N2O3. The Morgan fingerprint density at radius 1 is 1.24 bits per heavy atom. The second-order valence-electron chi connectivity index (χ2n) is 4.62. The standard InChI is InChI=1S/C16H12N2O3/c1-21-14-8-4-5-10-12(9-17)18(16(20)15(10)14)11-6-2-3-7-13(11)19/h2-8,12,19H,1H3. The number of nitrogens with zero attached hydrogens (tertiary/aromatic N) is 2. The van der Waals surface area contributed by atoms with Crippen molar-refractivity contribution in [1.82, 2.24) is 0 Å². The van der Waals surface area contributed by atoms with Gasteiger partial charge in [0.1, 0.15) is 11.5 Å². The summed E-state index contributed by atoms with van der Waals surface area (Å²) < 4.78 is 5.22. The van der Waals surface area contributed by atoms with Gasteiger partial charge in [0.2, 0.25) is 0 Å². The van der Waals surface area contributed by atoms with Crippen molar-refractivity contribution in [3.05, 3.63) is 53.6 Å². The molecule has 3 rings (SSSR count). The molecule has 1 aliphatic heterocycles. The van der Waals surface area contributed by atoms with Crippen molar-refractivity contribution in [3.8, 4) is 17.6 Å². The maximum atomic E-state index is 12.7. The summed E-state index contributed by atoms with van der Waals surface area (Å²) in [5, 5.41) is 19.4. The van der Waals surface area contributed by atoms with Crippen molar-refractivity contribution < 1.29 is 14.6 Å². The van der Waals surface area contributed by atoms with Crippen molar-refractivity contribution in [3.63, 3.8) is 0 Å². The van der Waals surface area contributed by atoms with Crippen LogP contribution >= 0.6 is 0 Å². The van der Waals surface area contributed by atoms with Gasteiger partial charge in [-0.05, 0) is 18.2 Å². The highest BCUT2D eigenvalue weighted by Gasteiger charge is 2.40. The van der Waals surface area contributed by atoms with Gasteiger partial charge in [0, 0.05) is 5.56 Å². The molecule has 1 amide bonds. The summed E-state index contributed by atoms with van der Waals surface area (Å²) in [7, 11) is 1.48. The van der Waals surface area contributed by atoms with E-state index in [2.05, 4.69) is 6.07 Å². The number of carbonyl (C=O) groups excluding carboxylic acids is 1. The van der Waals surface area contributed by atoms with Crippen molar-refractivity contribution >= 4 is 11.6 Å². The van der Waals surface area contributed by atoms with Crippen LogP contribution in [0.25, 0.3) is 0 Å². The molecule has 0 aliphatic carbocycles. The van der Waals surface area contributed by atoms with Crippen molar-refractivity contribution in [1.29, 1.82) is 5.26 Å². The second-order valence-corrected chi connectivity index (χ2v) is 4.62. The SMILES string of the molecule is COc1cccc2c1C(=O)N(c1ccccc1O)C2C#N. The number of carbonyl (C=O) groups is 1. The molecule has 104 valence electrons. The first kappa shape index (κ1) is 13.0. The first-order chi connectivity index (χ1) is 10.2. The zero-order valence-corrected chi connectivity index (χ0v) is 11.3. The Bertz CT molecular complexity index is 764. The van der Waals surface area contributed by atoms with Gasteiger partial charge in [0.25, 0.3) is 5.91 Å². The van der Waals surface area contributed by atoms with E-state index < -0.39 is 6.04 Å². The Labute approximate surface area is 121 Å². The molecule has 5 heteroatoms. The Morgan fingerprint density at radius 2 is 2.00 bits per heavy atom. The molecule has 0 saturated heterocycles. The van der Waals surface area contributed by atoms with E-state index in [1.54, 1.807) is 36.4 Å². The van der Waals surface area contributed by atoms with Crippen molar-refractivity contribution in [2.24, 2.45) is 0 Å². The number of hydrogen-bond donors (Lipinski definition) is 1. The number of ether oxygens (including phenoxy) is 1. The quantitative estimate of drug-likeness (QED) is 0.917. The zero-order valence-electron chi connectivity index (χ0n) is 11.3. The number of rotatable bonds is 2. The highest BCUT2D eigenvalue weighted by Crippen LogP contribution is 2.43. The van der Waals surface area contributed by atoms with Gasteiger partial charge in [-0.15, -0.1) is 0 Å². The van der Waals surface area contributed by atoms with Crippen LogP contribution in [0.15, 0.2) is 42.5 Å². The average Bonchev–Trinajstić information content (AvgIpc) is 2.80. The van der Waals surface area contributed by atoms with Gasteiger partial charge in [-0.2, -0.15) is 5.26 Å². The molecule has 21 heavy (non-hydrogen) atoms. The van der Waals surface area contributed by atoms with E-state index in [0.717, 1.165) is 0 Å². The molecule has 2 aromatic rings. The fourth-order valence-corrected chi connectivity index (χ4v) is 2.60. The lowest BCUT2D eigenvalue weighted by molar-refractivity contribution is 0.0991. The molecule has 1 aliphatic rings. The Balaban J connectivity index is 2.21. The molecular weight excluding hydrogens is 268 g/mol. The lowest BCUT2D eigenvalue weighted by atomic mass is 10.0. The second kappa shape index (κ2) is 4.84.